The Bertz CT molecular complexity index is 1270. The van der Waals surface area contributed by atoms with Crippen molar-refractivity contribution in [3.05, 3.63) is 97.9 Å². The normalized spacial score (nSPS) is 14.7. The van der Waals surface area contributed by atoms with E-state index in [2.05, 4.69) is 0 Å². The largest absolute Gasteiger partial charge is 0.493 e. The second-order valence-electron chi connectivity index (χ2n) is 7.71. The zero-order valence-electron chi connectivity index (χ0n) is 18.5. The number of halogens is 2. The van der Waals surface area contributed by atoms with Gasteiger partial charge in [-0.15, -0.1) is 0 Å². The monoisotopic (exact) mass is 513 g/mol. The lowest BCUT2D eigenvalue weighted by Gasteiger charge is -2.14. The number of carbonyl (C=O) groups excluding carboxylic acids is 2. The van der Waals surface area contributed by atoms with Gasteiger partial charge in [0.1, 0.15) is 6.61 Å². The molecule has 0 aromatic heterocycles. The zero-order chi connectivity index (χ0) is 24.2. The average molecular weight is 514 g/mol. The van der Waals surface area contributed by atoms with Gasteiger partial charge in [-0.1, -0.05) is 65.2 Å². The molecule has 0 N–H and O–H groups in total. The maximum Gasteiger partial charge on any atom is 0.293 e. The Morgan fingerprint density at radius 3 is 2.47 bits per heavy atom. The molecule has 1 saturated heterocycles. The number of aryl methyl sites for hydroxylation is 1. The lowest BCUT2D eigenvalue weighted by Crippen LogP contribution is -2.27. The molecule has 1 heterocycles. The highest BCUT2D eigenvalue weighted by Gasteiger charge is 2.35. The molecule has 8 heteroatoms. The maximum atomic E-state index is 12.9. The van der Waals surface area contributed by atoms with Crippen LogP contribution in [0.2, 0.25) is 10.0 Å². The lowest BCUT2D eigenvalue weighted by atomic mass is 10.1. The Kier molecular flexibility index (Phi) is 7.51. The predicted molar refractivity (Wildman–Crippen MR) is 136 cm³/mol. The number of amides is 2. The first-order valence-electron chi connectivity index (χ1n) is 10.4. The molecule has 1 aliphatic heterocycles. The van der Waals surface area contributed by atoms with Crippen LogP contribution in [0.5, 0.6) is 11.5 Å². The molecular formula is C26H21Cl2NO4S. The minimum Gasteiger partial charge on any atom is -0.493 e. The highest BCUT2D eigenvalue weighted by atomic mass is 35.5. The maximum absolute atomic E-state index is 12.9. The molecule has 4 rings (SSSR count). The summed E-state index contributed by atoms with van der Waals surface area (Å²) >= 11 is 13.3. The van der Waals surface area contributed by atoms with Crippen molar-refractivity contribution in [1.29, 1.82) is 0 Å². The minimum atomic E-state index is -0.338. The predicted octanol–water partition coefficient (Wildman–Crippen LogP) is 7.13. The first-order valence-corrected chi connectivity index (χ1v) is 12.0. The first-order chi connectivity index (χ1) is 16.3. The topological polar surface area (TPSA) is 55.8 Å². The SMILES string of the molecule is COc1cc(/C=C2\SC(=O)N(Cc3cccc(C)c3)C2=O)cc(Cl)c1OCc1ccc(Cl)cc1. The smallest absolute Gasteiger partial charge is 0.293 e. The number of hydrogen-bond donors (Lipinski definition) is 0. The summed E-state index contributed by atoms with van der Waals surface area (Å²) in [6, 6.07) is 18.4. The Morgan fingerprint density at radius 1 is 1.00 bits per heavy atom. The van der Waals surface area contributed by atoms with Crippen molar-refractivity contribution >= 4 is 52.2 Å². The van der Waals surface area contributed by atoms with Crippen molar-refractivity contribution in [3.63, 3.8) is 0 Å². The quantitative estimate of drug-likeness (QED) is 0.314. The van der Waals surface area contributed by atoms with E-state index in [0.29, 0.717) is 32.0 Å². The fourth-order valence-corrected chi connectivity index (χ4v) is 4.72. The fourth-order valence-electron chi connectivity index (χ4n) is 3.48. The first kappa shape index (κ1) is 24.2. The van der Waals surface area contributed by atoms with Crippen LogP contribution in [-0.4, -0.2) is 23.2 Å². The van der Waals surface area contributed by atoms with Gasteiger partial charge in [0, 0.05) is 5.02 Å². The fraction of sp³-hybridized carbons (Fsp3) is 0.154. The van der Waals surface area contributed by atoms with Crippen molar-refractivity contribution in [1.82, 2.24) is 4.90 Å². The number of carbonyl (C=O) groups is 2. The van der Waals surface area contributed by atoms with Gasteiger partial charge in [0.05, 0.1) is 23.6 Å². The molecule has 5 nitrogen and oxygen atoms in total. The van der Waals surface area contributed by atoms with Crippen molar-refractivity contribution in [2.24, 2.45) is 0 Å². The number of nitrogens with zero attached hydrogens (tertiary/aromatic N) is 1. The van der Waals surface area contributed by atoms with E-state index >= 15 is 0 Å². The highest BCUT2D eigenvalue weighted by Crippen LogP contribution is 2.39. The number of rotatable bonds is 7. The Hall–Kier alpha value is -2.93. The van der Waals surface area contributed by atoms with E-state index in [1.165, 1.54) is 12.0 Å². The second-order valence-corrected chi connectivity index (χ2v) is 9.54. The minimum absolute atomic E-state index is 0.227. The number of benzene rings is 3. The van der Waals surface area contributed by atoms with E-state index in [1.807, 2.05) is 43.3 Å². The van der Waals surface area contributed by atoms with Crippen LogP contribution in [0.4, 0.5) is 4.79 Å². The number of imide groups is 1. The highest BCUT2D eigenvalue weighted by molar-refractivity contribution is 8.18. The molecule has 2 amide bonds. The van der Waals surface area contributed by atoms with Crippen LogP contribution in [-0.2, 0) is 17.9 Å². The number of thioether (sulfide) groups is 1. The van der Waals surface area contributed by atoms with Crippen LogP contribution >= 0.6 is 35.0 Å². The summed E-state index contributed by atoms with van der Waals surface area (Å²) in [4.78, 5) is 27.0. The van der Waals surface area contributed by atoms with Crippen molar-refractivity contribution in [2.45, 2.75) is 20.1 Å². The Labute approximate surface area is 212 Å². The summed E-state index contributed by atoms with van der Waals surface area (Å²) in [7, 11) is 1.51. The molecule has 0 atom stereocenters. The van der Waals surface area contributed by atoms with Gasteiger partial charge >= 0.3 is 0 Å². The molecule has 3 aromatic carbocycles. The van der Waals surface area contributed by atoms with Gasteiger partial charge in [0.2, 0.25) is 0 Å². The van der Waals surface area contributed by atoms with E-state index in [1.54, 1.807) is 30.3 Å². The third kappa shape index (κ3) is 5.58. The van der Waals surface area contributed by atoms with Gasteiger partial charge in [-0.25, -0.2) is 0 Å². The van der Waals surface area contributed by atoms with E-state index in [4.69, 9.17) is 32.7 Å². The van der Waals surface area contributed by atoms with E-state index in [9.17, 15) is 9.59 Å². The van der Waals surface area contributed by atoms with Gasteiger partial charge in [-0.05, 0) is 65.7 Å². The lowest BCUT2D eigenvalue weighted by molar-refractivity contribution is -0.123. The van der Waals surface area contributed by atoms with E-state index in [-0.39, 0.29) is 24.3 Å². The summed E-state index contributed by atoms with van der Waals surface area (Å²) in [6.45, 7) is 2.48. The number of methoxy groups -OCH3 is 1. The molecule has 1 fully saturated rings. The summed E-state index contributed by atoms with van der Waals surface area (Å²) in [6.07, 6.45) is 1.64. The average Bonchev–Trinajstić information content (AvgIpc) is 3.06. The van der Waals surface area contributed by atoms with Gasteiger partial charge in [0.25, 0.3) is 11.1 Å². The molecule has 0 unspecified atom stereocenters. The molecular weight excluding hydrogens is 493 g/mol. The van der Waals surface area contributed by atoms with Gasteiger partial charge in [-0.2, -0.15) is 0 Å². The van der Waals surface area contributed by atoms with E-state index < -0.39 is 0 Å². The molecule has 3 aromatic rings. The molecule has 0 radical (unpaired) electrons. The third-order valence-corrected chi connectivity index (χ3v) is 6.58. The van der Waals surface area contributed by atoms with Crippen LogP contribution in [0, 0.1) is 6.92 Å². The van der Waals surface area contributed by atoms with Crippen LogP contribution in [0.25, 0.3) is 6.08 Å². The molecule has 1 aliphatic rings. The molecule has 0 spiro atoms. The summed E-state index contributed by atoms with van der Waals surface area (Å²) in [5.74, 6) is 0.477. The van der Waals surface area contributed by atoms with Crippen LogP contribution < -0.4 is 9.47 Å². The molecule has 0 aliphatic carbocycles. The standard InChI is InChI=1S/C26H21Cl2NO4S/c1-16-4-3-5-18(10-16)14-29-25(30)23(34-26(29)31)13-19-11-21(28)24(22(12-19)32-2)33-15-17-6-8-20(27)9-7-17/h3-13H,14-15H2,1-2H3/b23-13-. The molecule has 0 saturated carbocycles. The molecule has 174 valence electrons. The summed E-state index contributed by atoms with van der Waals surface area (Å²) in [5, 5.41) is 0.671. The van der Waals surface area contributed by atoms with Gasteiger partial charge in [0.15, 0.2) is 11.5 Å². The summed E-state index contributed by atoms with van der Waals surface area (Å²) < 4.78 is 11.4. The second kappa shape index (κ2) is 10.6. The van der Waals surface area contributed by atoms with Crippen molar-refractivity contribution in [2.75, 3.05) is 7.11 Å². The van der Waals surface area contributed by atoms with Crippen molar-refractivity contribution in [3.8, 4) is 11.5 Å². The van der Waals surface area contributed by atoms with Crippen LogP contribution in [0.3, 0.4) is 0 Å². The number of ether oxygens (including phenoxy) is 2. The van der Waals surface area contributed by atoms with Gasteiger partial charge in [-0.3, -0.25) is 14.5 Å². The molecule has 34 heavy (non-hydrogen) atoms. The van der Waals surface area contributed by atoms with Crippen LogP contribution in [0.1, 0.15) is 22.3 Å². The van der Waals surface area contributed by atoms with Gasteiger partial charge < -0.3 is 9.47 Å². The summed E-state index contributed by atoms with van der Waals surface area (Å²) in [5.41, 5.74) is 3.52. The van der Waals surface area contributed by atoms with Crippen LogP contribution in [0.15, 0.2) is 65.6 Å². The Balaban J connectivity index is 1.53. The Morgan fingerprint density at radius 2 is 1.76 bits per heavy atom. The van der Waals surface area contributed by atoms with Crippen molar-refractivity contribution < 1.29 is 19.1 Å². The zero-order valence-corrected chi connectivity index (χ0v) is 20.8. The third-order valence-electron chi connectivity index (χ3n) is 5.14. The van der Waals surface area contributed by atoms with E-state index in [0.717, 1.165) is 28.5 Å². The number of hydrogen-bond acceptors (Lipinski definition) is 5. The molecule has 0 bridgehead atoms.